The van der Waals surface area contributed by atoms with Crippen LogP contribution < -0.4 is 10.6 Å². The van der Waals surface area contributed by atoms with Crippen LogP contribution in [-0.4, -0.2) is 29.0 Å². The molecule has 2 rings (SSSR count). The highest BCUT2D eigenvalue weighted by Gasteiger charge is 2.30. The van der Waals surface area contributed by atoms with Gasteiger partial charge in [0.05, 0.1) is 0 Å². The third kappa shape index (κ3) is 2.26. The van der Waals surface area contributed by atoms with E-state index in [1.54, 1.807) is 0 Å². The molecule has 5 nitrogen and oxygen atoms in total. The molecule has 2 N–H and O–H groups in total. The Hall–Kier alpha value is -0.910. The van der Waals surface area contributed by atoms with Gasteiger partial charge >= 0.3 is 0 Å². The van der Waals surface area contributed by atoms with Gasteiger partial charge in [0.25, 0.3) is 0 Å². The molecule has 0 aromatic carbocycles. The van der Waals surface area contributed by atoms with Crippen molar-refractivity contribution in [2.24, 2.45) is 11.7 Å². The Bertz CT molecular complexity index is 406. The van der Waals surface area contributed by atoms with Crippen molar-refractivity contribution in [2.75, 3.05) is 18.0 Å². The minimum Gasteiger partial charge on any atom is -0.330 e. The van der Waals surface area contributed by atoms with E-state index in [9.17, 15) is 4.79 Å². The zero-order valence-electron chi connectivity index (χ0n) is 8.36. The average Bonchev–Trinajstić information content (AvgIpc) is 2.58. The quantitative estimate of drug-likeness (QED) is 0.639. The fraction of sp³-hybridized carbons (Fsp3) is 0.444. The van der Waals surface area contributed by atoms with E-state index in [1.807, 2.05) is 0 Å². The first kappa shape index (κ1) is 11.6. The number of aromatic nitrogens is 2. The van der Waals surface area contributed by atoms with Crippen molar-refractivity contribution in [3.63, 3.8) is 0 Å². The van der Waals surface area contributed by atoms with Gasteiger partial charge < -0.3 is 5.73 Å². The predicted octanol–water partition coefficient (Wildman–Crippen LogP) is 1.09. The molecule has 1 saturated heterocycles. The Balaban J connectivity index is 2.27. The fourth-order valence-electron chi connectivity index (χ4n) is 1.68. The largest absolute Gasteiger partial charge is 0.330 e. The molecular formula is C9H10Cl2N4O. The van der Waals surface area contributed by atoms with E-state index in [0.717, 1.165) is 0 Å². The van der Waals surface area contributed by atoms with E-state index in [4.69, 9.17) is 28.9 Å². The zero-order valence-corrected chi connectivity index (χ0v) is 9.87. The summed E-state index contributed by atoms with van der Waals surface area (Å²) < 4.78 is 0. The normalized spacial score (nSPS) is 20.6. The molecule has 86 valence electrons. The average molecular weight is 261 g/mol. The van der Waals surface area contributed by atoms with Crippen LogP contribution in [0.5, 0.6) is 0 Å². The molecule has 1 aliphatic rings. The number of rotatable bonds is 2. The number of hydrogen-bond donors (Lipinski definition) is 1. The second-order valence-electron chi connectivity index (χ2n) is 3.63. The highest BCUT2D eigenvalue weighted by molar-refractivity contribution is 6.32. The van der Waals surface area contributed by atoms with Crippen LogP contribution in [0.15, 0.2) is 6.07 Å². The van der Waals surface area contributed by atoms with Gasteiger partial charge in [-0.1, -0.05) is 11.6 Å². The van der Waals surface area contributed by atoms with Gasteiger partial charge in [-0.2, -0.15) is 0 Å². The molecule has 0 bridgehead atoms. The number of carbonyl (C=O) groups excluding carboxylic acids is 1. The SMILES string of the molecule is NCC1CC(=O)N(c2cc(Cl)nc(Cl)n2)C1. The molecule has 1 aromatic rings. The Kier molecular flexibility index (Phi) is 3.28. The Morgan fingerprint density at radius 1 is 1.50 bits per heavy atom. The van der Waals surface area contributed by atoms with Gasteiger partial charge in [-0.05, 0) is 24.1 Å². The van der Waals surface area contributed by atoms with Crippen LogP contribution in [0.4, 0.5) is 5.82 Å². The van der Waals surface area contributed by atoms with Crippen molar-refractivity contribution in [3.8, 4) is 0 Å². The van der Waals surface area contributed by atoms with Crippen molar-refractivity contribution in [2.45, 2.75) is 6.42 Å². The molecule has 0 aliphatic carbocycles. The third-order valence-electron chi connectivity index (χ3n) is 2.47. The van der Waals surface area contributed by atoms with Gasteiger partial charge in [-0.25, -0.2) is 9.97 Å². The summed E-state index contributed by atoms with van der Waals surface area (Å²) in [6, 6.07) is 1.52. The maximum atomic E-state index is 11.7. The zero-order chi connectivity index (χ0) is 11.7. The molecule has 7 heteroatoms. The molecule has 1 aromatic heterocycles. The van der Waals surface area contributed by atoms with Crippen molar-refractivity contribution in [3.05, 3.63) is 16.5 Å². The van der Waals surface area contributed by atoms with Crippen LogP contribution in [0.1, 0.15) is 6.42 Å². The van der Waals surface area contributed by atoms with Crippen molar-refractivity contribution < 1.29 is 4.79 Å². The summed E-state index contributed by atoms with van der Waals surface area (Å²) in [5, 5.41) is 0.255. The summed E-state index contributed by atoms with van der Waals surface area (Å²) in [5.74, 6) is 0.590. The summed E-state index contributed by atoms with van der Waals surface area (Å²) in [6.45, 7) is 1.04. The van der Waals surface area contributed by atoms with Crippen molar-refractivity contribution in [1.29, 1.82) is 0 Å². The topological polar surface area (TPSA) is 72.1 Å². The third-order valence-corrected chi connectivity index (χ3v) is 2.83. The van der Waals surface area contributed by atoms with Gasteiger partial charge in [-0.15, -0.1) is 0 Å². The number of amides is 1. The number of anilines is 1. The van der Waals surface area contributed by atoms with Crippen LogP contribution >= 0.6 is 23.2 Å². The van der Waals surface area contributed by atoms with Crippen LogP contribution in [0.3, 0.4) is 0 Å². The van der Waals surface area contributed by atoms with Gasteiger partial charge in [0.2, 0.25) is 11.2 Å². The Morgan fingerprint density at radius 3 is 2.81 bits per heavy atom. The summed E-state index contributed by atoms with van der Waals surface area (Å²) >= 11 is 11.4. The molecule has 16 heavy (non-hydrogen) atoms. The van der Waals surface area contributed by atoms with Gasteiger partial charge in [0.15, 0.2) is 0 Å². The lowest BCUT2D eigenvalue weighted by atomic mass is 10.1. The van der Waals surface area contributed by atoms with Crippen LogP contribution in [0.25, 0.3) is 0 Å². The van der Waals surface area contributed by atoms with Gasteiger partial charge in [0.1, 0.15) is 11.0 Å². The number of nitrogens with two attached hydrogens (primary N) is 1. The van der Waals surface area contributed by atoms with E-state index in [-0.39, 0.29) is 22.3 Å². The molecule has 0 radical (unpaired) electrons. The lowest BCUT2D eigenvalue weighted by Crippen LogP contribution is -2.26. The first-order valence-corrected chi connectivity index (χ1v) is 5.56. The Morgan fingerprint density at radius 2 is 2.25 bits per heavy atom. The number of halogens is 2. The molecule has 1 fully saturated rings. The van der Waals surface area contributed by atoms with Gasteiger partial charge in [-0.3, -0.25) is 9.69 Å². The van der Waals surface area contributed by atoms with Crippen LogP contribution in [0.2, 0.25) is 10.4 Å². The minimum absolute atomic E-state index is 0.0127. The number of carbonyl (C=O) groups is 1. The molecule has 0 spiro atoms. The molecular weight excluding hydrogens is 251 g/mol. The standard InChI is InChI=1S/C9H10Cl2N4O/c10-6-2-7(14-9(11)13-6)15-4-5(3-12)1-8(15)16/h2,5H,1,3-4,12H2. The highest BCUT2D eigenvalue weighted by atomic mass is 35.5. The van der Waals surface area contributed by atoms with E-state index in [2.05, 4.69) is 9.97 Å². The molecule has 1 unspecified atom stereocenters. The maximum Gasteiger partial charge on any atom is 0.228 e. The fourth-order valence-corrected chi connectivity index (χ4v) is 2.08. The lowest BCUT2D eigenvalue weighted by molar-refractivity contribution is -0.117. The van der Waals surface area contributed by atoms with Crippen molar-refractivity contribution >= 4 is 34.9 Å². The molecule has 0 saturated carbocycles. The second-order valence-corrected chi connectivity index (χ2v) is 4.35. The monoisotopic (exact) mass is 260 g/mol. The predicted molar refractivity (Wildman–Crippen MR) is 61.6 cm³/mol. The van der Waals surface area contributed by atoms with E-state index >= 15 is 0 Å². The van der Waals surface area contributed by atoms with Crippen LogP contribution in [0, 0.1) is 5.92 Å². The van der Waals surface area contributed by atoms with Gasteiger partial charge in [0, 0.05) is 19.0 Å². The highest BCUT2D eigenvalue weighted by Crippen LogP contribution is 2.25. The first-order chi connectivity index (χ1) is 7.60. The second kappa shape index (κ2) is 4.53. The van der Waals surface area contributed by atoms with Crippen LogP contribution in [-0.2, 0) is 4.79 Å². The number of nitrogens with zero attached hydrogens (tertiary/aromatic N) is 3. The Labute approximate surface area is 103 Å². The summed E-state index contributed by atoms with van der Waals surface area (Å²) in [5.41, 5.74) is 5.53. The van der Waals surface area contributed by atoms with E-state index in [1.165, 1.54) is 11.0 Å². The molecule has 1 atom stereocenters. The maximum absolute atomic E-state index is 11.7. The van der Waals surface area contributed by atoms with E-state index < -0.39 is 0 Å². The lowest BCUT2D eigenvalue weighted by Gasteiger charge is -2.15. The first-order valence-electron chi connectivity index (χ1n) is 4.80. The molecule has 1 amide bonds. The summed E-state index contributed by atoms with van der Waals surface area (Å²) in [4.78, 5) is 20.9. The molecule has 2 heterocycles. The molecule has 1 aliphatic heterocycles. The smallest absolute Gasteiger partial charge is 0.228 e. The number of hydrogen-bond acceptors (Lipinski definition) is 4. The summed E-state index contributed by atoms with van der Waals surface area (Å²) in [7, 11) is 0. The minimum atomic E-state index is -0.0127. The summed E-state index contributed by atoms with van der Waals surface area (Å²) in [6.07, 6.45) is 0.440. The van der Waals surface area contributed by atoms with E-state index in [0.29, 0.717) is 25.3 Å². The van der Waals surface area contributed by atoms with Crippen molar-refractivity contribution in [1.82, 2.24) is 9.97 Å².